The number of benzene rings is 1. The third-order valence-corrected chi connectivity index (χ3v) is 4.88. The topological polar surface area (TPSA) is 32.3 Å². The lowest BCUT2D eigenvalue weighted by atomic mass is 9.95. The molecule has 1 aromatic heterocycles. The maximum absolute atomic E-state index is 12.4. The summed E-state index contributed by atoms with van der Waals surface area (Å²) in [5.41, 5.74) is 1.25. The highest BCUT2D eigenvalue weighted by molar-refractivity contribution is 7.21. The molecule has 1 fully saturated rings. The van der Waals surface area contributed by atoms with E-state index in [-0.39, 0.29) is 5.91 Å². The molecule has 1 saturated heterocycles. The Labute approximate surface area is 117 Å². The molecule has 1 amide bonds. The molecule has 1 aliphatic rings. The van der Waals surface area contributed by atoms with Crippen LogP contribution in [0.2, 0.25) is 0 Å². The van der Waals surface area contributed by atoms with Crippen LogP contribution < -0.4 is 5.32 Å². The fourth-order valence-electron chi connectivity index (χ4n) is 2.73. The molecule has 0 radical (unpaired) electrons. The van der Waals surface area contributed by atoms with Gasteiger partial charge in [-0.05, 0) is 35.9 Å². The second-order valence-corrected chi connectivity index (χ2v) is 6.28. The Kier molecular flexibility index (Phi) is 3.29. The van der Waals surface area contributed by atoms with Crippen LogP contribution >= 0.6 is 11.3 Å². The van der Waals surface area contributed by atoms with E-state index in [2.05, 4.69) is 23.5 Å². The quantitative estimate of drug-likeness (QED) is 0.913. The molecule has 3 rings (SSSR count). The van der Waals surface area contributed by atoms with Crippen LogP contribution in [0.1, 0.15) is 27.6 Å². The zero-order valence-electron chi connectivity index (χ0n) is 11.3. The Morgan fingerprint density at radius 3 is 2.84 bits per heavy atom. The molecule has 4 heteroatoms. The molecular formula is C15H18N2OS. The third-order valence-electron chi connectivity index (χ3n) is 3.70. The van der Waals surface area contributed by atoms with Crippen molar-refractivity contribution in [3.63, 3.8) is 0 Å². The van der Waals surface area contributed by atoms with Crippen LogP contribution in [0.15, 0.2) is 24.3 Å². The molecular weight excluding hydrogens is 256 g/mol. The largest absolute Gasteiger partial charge is 0.344 e. The minimum Gasteiger partial charge on any atom is -0.344 e. The van der Waals surface area contributed by atoms with Crippen molar-refractivity contribution in [2.24, 2.45) is 0 Å². The highest BCUT2D eigenvalue weighted by Gasteiger charge is 2.27. The van der Waals surface area contributed by atoms with Crippen LogP contribution in [0.5, 0.6) is 0 Å². The SMILES string of the molecule is CN(C)C(=O)c1sc2ccccc2c1C1CCNC1. The van der Waals surface area contributed by atoms with Gasteiger partial charge in [-0.3, -0.25) is 4.79 Å². The number of hydrogen-bond acceptors (Lipinski definition) is 3. The zero-order chi connectivity index (χ0) is 13.4. The van der Waals surface area contributed by atoms with E-state index in [9.17, 15) is 4.79 Å². The van der Waals surface area contributed by atoms with Crippen molar-refractivity contribution in [3.05, 3.63) is 34.7 Å². The predicted octanol–water partition coefficient (Wildman–Crippen LogP) is 2.68. The first-order valence-corrected chi connectivity index (χ1v) is 7.44. The van der Waals surface area contributed by atoms with Crippen molar-refractivity contribution in [2.75, 3.05) is 27.2 Å². The normalized spacial score (nSPS) is 18.9. The van der Waals surface area contributed by atoms with Crippen molar-refractivity contribution in [3.8, 4) is 0 Å². The highest BCUT2D eigenvalue weighted by Crippen LogP contribution is 2.38. The van der Waals surface area contributed by atoms with E-state index < -0.39 is 0 Å². The first-order chi connectivity index (χ1) is 9.18. The minimum absolute atomic E-state index is 0.128. The van der Waals surface area contributed by atoms with Crippen LogP contribution in [0.25, 0.3) is 10.1 Å². The molecule has 1 N–H and O–H groups in total. The van der Waals surface area contributed by atoms with Crippen LogP contribution in [-0.4, -0.2) is 38.0 Å². The second-order valence-electron chi connectivity index (χ2n) is 5.23. The number of carbonyl (C=O) groups excluding carboxylic acids is 1. The molecule has 1 aliphatic heterocycles. The van der Waals surface area contributed by atoms with Crippen molar-refractivity contribution < 1.29 is 4.79 Å². The standard InChI is InChI=1S/C15H18N2OS/c1-17(2)15(18)14-13(10-7-8-16-9-10)11-5-3-4-6-12(11)19-14/h3-6,10,16H,7-9H2,1-2H3. The summed E-state index contributed by atoms with van der Waals surface area (Å²) in [6.45, 7) is 2.03. The van der Waals surface area contributed by atoms with Crippen molar-refractivity contribution >= 4 is 27.3 Å². The van der Waals surface area contributed by atoms with Gasteiger partial charge >= 0.3 is 0 Å². The van der Waals surface area contributed by atoms with Crippen LogP contribution in [0.4, 0.5) is 0 Å². The molecule has 0 bridgehead atoms. The molecule has 2 heterocycles. The number of rotatable bonds is 2. The number of nitrogens with one attached hydrogen (secondary N) is 1. The molecule has 3 nitrogen and oxygen atoms in total. The molecule has 0 saturated carbocycles. The Balaban J connectivity index is 2.19. The number of thiophene rings is 1. The van der Waals surface area contributed by atoms with Gasteiger partial charge < -0.3 is 10.2 Å². The van der Waals surface area contributed by atoms with E-state index in [1.807, 2.05) is 20.2 Å². The number of fused-ring (bicyclic) bond motifs is 1. The molecule has 1 atom stereocenters. The highest BCUT2D eigenvalue weighted by atomic mass is 32.1. The maximum Gasteiger partial charge on any atom is 0.263 e. The van der Waals surface area contributed by atoms with Crippen LogP contribution in [0.3, 0.4) is 0 Å². The van der Waals surface area contributed by atoms with Gasteiger partial charge in [0, 0.05) is 25.3 Å². The summed E-state index contributed by atoms with van der Waals surface area (Å²) in [7, 11) is 3.65. The molecule has 0 aliphatic carbocycles. The van der Waals surface area contributed by atoms with Gasteiger partial charge in [0.1, 0.15) is 0 Å². The molecule has 19 heavy (non-hydrogen) atoms. The summed E-state index contributed by atoms with van der Waals surface area (Å²) in [6.07, 6.45) is 1.12. The molecule has 100 valence electrons. The fourth-order valence-corrected chi connectivity index (χ4v) is 4.04. The Morgan fingerprint density at radius 2 is 2.16 bits per heavy atom. The number of amides is 1. The van der Waals surface area contributed by atoms with Gasteiger partial charge in [0.25, 0.3) is 5.91 Å². The van der Waals surface area contributed by atoms with Crippen LogP contribution in [-0.2, 0) is 0 Å². The monoisotopic (exact) mass is 274 g/mol. The van der Waals surface area contributed by atoms with E-state index in [1.165, 1.54) is 15.6 Å². The smallest absolute Gasteiger partial charge is 0.263 e. The summed E-state index contributed by atoms with van der Waals surface area (Å²) >= 11 is 1.63. The van der Waals surface area contributed by atoms with E-state index in [4.69, 9.17) is 0 Å². The second kappa shape index (κ2) is 4.94. The summed E-state index contributed by atoms with van der Waals surface area (Å²) in [4.78, 5) is 15.0. The average Bonchev–Trinajstić information content (AvgIpc) is 3.03. The first-order valence-electron chi connectivity index (χ1n) is 6.62. The Hall–Kier alpha value is -1.39. The van der Waals surface area contributed by atoms with E-state index in [1.54, 1.807) is 16.2 Å². The number of carbonyl (C=O) groups is 1. The number of hydrogen-bond donors (Lipinski definition) is 1. The lowest BCUT2D eigenvalue weighted by molar-refractivity contribution is 0.0831. The molecule has 0 spiro atoms. The van der Waals surface area contributed by atoms with Crippen molar-refractivity contribution in [2.45, 2.75) is 12.3 Å². The molecule has 1 aromatic carbocycles. The Bertz CT molecular complexity index is 612. The minimum atomic E-state index is 0.128. The van der Waals surface area contributed by atoms with Crippen molar-refractivity contribution in [1.82, 2.24) is 10.2 Å². The predicted molar refractivity (Wildman–Crippen MR) is 80.1 cm³/mol. The number of nitrogens with zero attached hydrogens (tertiary/aromatic N) is 1. The Morgan fingerprint density at radius 1 is 1.37 bits per heavy atom. The van der Waals surface area contributed by atoms with Gasteiger partial charge in [-0.25, -0.2) is 0 Å². The van der Waals surface area contributed by atoms with Crippen molar-refractivity contribution in [1.29, 1.82) is 0 Å². The van der Waals surface area contributed by atoms with Gasteiger partial charge in [-0.1, -0.05) is 18.2 Å². The summed E-state index contributed by atoms with van der Waals surface area (Å²) in [5.74, 6) is 0.596. The van der Waals surface area contributed by atoms with Gasteiger partial charge in [0.15, 0.2) is 0 Å². The van der Waals surface area contributed by atoms with E-state index >= 15 is 0 Å². The van der Waals surface area contributed by atoms with Gasteiger partial charge in [0.05, 0.1) is 4.88 Å². The van der Waals surface area contributed by atoms with E-state index in [0.717, 1.165) is 24.4 Å². The summed E-state index contributed by atoms with van der Waals surface area (Å²) in [6, 6.07) is 8.36. The lowest BCUT2D eigenvalue weighted by Gasteiger charge is -2.14. The fraction of sp³-hybridized carbons (Fsp3) is 0.400. The molecule has 2 aromatic rings. The van der Waals surface area contributed by atoms with Gasteiger partial charge in [-0.2, -0.15) is 0 Å². The van der Waals surface area contributed by atoms with Crippen LogP contribution in [0, 0.1) is 0 Å². The third kappa shape index (κ3) is 2.15. The average molecular weight is 274 g/mol. The summed E-state index contributed by atoms with van der Waals surface area (Å²) < 4.78 is 1.22. The first kappa shape index (κ1) is 12.6. The van der Waals surface area contributed by atoms with Gasteiger partial charge in [0.2, 0.25) is 0 Å². The van der Waals surface area contributed by atoms with E-state index in [0.29, 0.717) is 5.92 Å². The maximum atomic E-state index is 12.4. The summed E-state index contributed by atoms with van der Waals surface area (Å²) in [5, 5.41) is 4.66. The molecule has 1 unspecified atom stereocenters. The lowest BCUT2D eigenvalue weighted by Crippen LogP contribution is -2.22. The van der Waals surface area contributed by atoms with Gasteiger partial charge in [-0.15, -0.1) is 11.3 Å². The zero-order valence-corrected chi connectivity index (χ0v) is 12.1.